The van der Waals surface area contributed by atoms with Gasteiger partial charge in [-0.3, -0.25) is 0 Å². The molecule has 2 amide bonds. The van der Waals surface area contributed by atoms with Crippen molar-refractivity contribution < 1.29 is 14.3 Å². The zero-order chi connectivity index (χ0) is 18.1. The largest absolute Gasteiger partial charge is 0.493 e. The molecule has 2 aromatic carbocycles. The predicted octanol–water partition coefficient (Wildman–Crippen LogP) is 3.90. The van der Waals surface area contributed by atoms with Gasteiger partial charge in [-0.2, -0.15) is 0 Å². The number of rotatable bonds is 8. The van der Waals surface area contributed by atoms with Crippen LogP contribution < -0.4 is 20.1 Å². The molecule has 2 aromatic rings. The van der Waals surface area contributed by atoms with Crippen LogP contribution in [0.25, 0.3) is 0 Å². The minimum atomic E-state index is -0.186. The zero-order valence-corrected chi connectivity index (χ0v) is 16.1. The van der Waals surface area contributed by atoms with Gasteiger partial charge in [-0.05, 0) is 42.7 Å². The van der Waals surface area contributed by atoms with Crippen LogP contribution in [0.15, 0.2) is 46.9 Å². The Kier molecular flexibility index (Phi) is 7.60. The third kappa shape index (κ3) is 5.98. The second kappa shape index (κ2) is 9.93. The highest BCUT2D eigenvalue weighted by atomic mass is 79.9. The molecular weight excluding hydrogens is 384 g/mol. The highest BCUT2D eigenvalue weighted by molar-refractivity contribution is 9.10. The summed E-state index contributed by atoms with van der Waals surface area (Å²) < 4.78 is 11.8. The maximum absolute atomic E-state index is 11.9. The molecule has 0 heterocycles. The topological polar surface area (TPSA) is 59.6 Å². The van der Waals surface area contributed by atoms with Crippen molar-refractivity contribution in [2.24, 2.45) is 0 Å². The molecule has 2 N–H and O–H groups in total. The van der Waals surface area contributed by atoms with Crippen molar-refractivity contribution in [2.45, 2.75) is 19.9 Å². The van der Waals surface area contributed by atoms with Crippen LogP contribution in [-0.4, -0.2) is 26.3 Å². The first-order valence-corrected chi connectivity index (χ1v) is 8.98. The van der Waals surface area contributed by atoms with Crippen molar-refractivity contribution in [1.29, 1.82) is 0 Å². The molecule has 0 radical (unpaired) electrons. The number of urea groups is 1. The maximum atomic E-state index is 11.9. The summed E-state index contributed by atoms with van der Waals surface area (Å²) in [6.07, 6.45) is 0.714. The normalized spacial score (nSPS) is 10.2. The van der Waals surface area contributed by atoms with Crippen LogP contribution in [0.4, 0.5) is 4.79 Å². The smallest absolute Gasteiger partial charge is 0.315 e. The van der Waals surface area contributed by atoms with Crippen LogP contribution in [0, 0.1) is 0 Å². The van der Waals surface area contributed by atoms with Crippen molar-refractivity contribution >= 4 is 22.0 Å². The van der Waals surface area contributed by atoms with Gasteiger partial charge in [-0.1, -0.05) is 40.2 Å². The molecular formula is C19H23BrN2O3. The number of carbonyl (C=O) groups is 1. The van der Waals surface area contributed by atoms with E-state index in [0.29, 0.717) is 31.9 Å². The fraction of sp³-hybridized carbons (Fsp3) is 0.316. The van der Waals surface area contributed by atoms with Crippen LogP contribution in [0.3, 0.4) is 0 Å². The lowest BCUT2D eigenvalue weighted by atomic mass is 10.1. The molecule has 5 nitrogen and oxygen atoms in total. The molecule has 0 bridgehead atoms. The van der Waals surface area contributed by atoms with E-state index in [4.69, 9.17) is 9.47 Å². The standard InChI is InChI=1S/C19H23BrN2O3/c1-3-25-17-9-8-14(12-18(17)24-2)10-11-21-19(23)22-13-15-6-4-5-7-16(15)20/h4-9,12H,3,10-11,13H2,1-2H3,(H2,21,22,23). The average Bonchev–Trinajstić information content (AvgIpc) is 2.62. The number of hydrogen-bond acceptors (Lipinski definition) is 3. The summed E-state index contributed by atoms with van der Waals surface area (Å²) >= 11 is 3.47. The summed E-state index contributed by atoms with van der Waals surface area (Å²) in [6.45, 7) is 3.54. The van der Waals surface area contributed by atoms with Crippen molar-refractivity contribution in [2.75, 3.05) is 20.3 Å². The van der Waals surface area contributed by atoms with Crippen LogP contribution in [-0.2, 0) is 13.0 Å². The van der Waals surface area contributed by atoms with E-state index < -0.39 is 0 Å². The Morgan fingerprint density at radius 1 is 1.12 bits per heavy atom. The molecule has 0 atom stereocenters. The third-order valence-electron chi connectivity index (χ3n) is 3.62. The molecule has 0 spiro atoms. The lowest BCUT2D eigenvalue weighted by molar-refractivity contribution is 0.240. The van der Waals surface area contributed by atoms with Gasteiger partial charge in [0.1, 0.15) is 0 Å². The van der Waals surface area contributed by atoms with Gasteiger partial charge >= 0.3 is 6.03 Å². The SMILES string of the molecule is CCOc1ccc(CCNC(=O)NCc2ccccc2Br)cc1OC. The van der Waals surface area contributed by atoms with Crippen molar-refractivity contribution in [1.82, 2.24) is 10.6 Å². The molecule has 6 heteroatoms. The first-order valence-electron chi connectivity index (χ1n) is 8.18. The zero-order valence-electron chi connectivity index (χ0n) is 14.5. The Morgan fingerprint density at radius 2 is 1.92 bits per heavy atom. The van der Waals surface area contributed by atoms with E-state index in [1.54, 1.807) is 7.11 Å². The summed E-state index contributed by atoms with van der Waals surface area (Å²) in [7, 11) is 1.62. The molecule has 0 aliphatic rings. The third-order valence-corrected chi connectivity index (χ3v) is 4.40. The van der Waals surface area contributed by atoms with E-state index in [1.807, 2.05) is 49.4 Å². The van der Waals surface area contributed by atoms with E-state index >= 15 is 0 Å². The lowest BCUT2D eigenvalue weighted by Crippen LogP contribution is -2.36. The summed E-state index contributed by atoms with van der Waals surface area (Å²) in [5.41, 5.74) is 2.11. The number of hydrogen-bond donors (Lipinski definition) is 2. The van der Waals surface area contributed by atoms with Crippen molar-refractivity contribution in [3.63, 3.8) is 0 Å². The fourth-order valence-corrected chi connectivity index (χ4v) is 2.77. The predicted molar refractivity (Wildman–Crippen MR) is 102 cm³/mol. The Morgan fingerprint density at radius 3 is 2.64 bits per heavy atom. The van der Waals surface area contributed by atoms with Gasteiger partial charge in [0.2, 0.25) is 0 Å². The minimum Gasteiger partial charge on any atom is -0.493 e. The lowest BCUT2D eigenvalue weighted by Gasteiger charge is -2.12. The van der Waals surface area contributed by atoms with Gasteiger partial charge in [0.15, 0.2) is 11.5 Å². The van der Waals surface area contributed by atoms with Crippen LogP contribution in [0.5, 0.6) is 11.5 Å². The molecule has 2 rings (SSSR count). The maximum Gasteiger partial charge on any atom is 0.315 e. The Hall–Kier alpha value is -2.21. The molecule has 134 valence electrons. The van der Waals surface area contributed by atoms with Gasteiger partial charge in [-0.25, -0.2) is 4.79 Å². The second-order valence-electron chi connectivity index (χ2n) is 5.37. The minimum absolute atomic E-state index is 0.186. The Bertz CT molecular complexity index is 707. The van der Waals surface area contributed by atoms with Crippen LogP contribution in [0.2, 0.25) is 0 Å². The first kappa shape index (κ1) is 19.1. The van der Waals surface area contributed by atoms with Crippen molar-refractivity contribution in [3.05, 3.63) is 58.1 Å². The highest BCUT2D eigenvalue weighted by Crippen LogP contribution is 2.28. The molecule has 0 fully saturated rings. The van der Waals surface area contributed by atoms with E-state index in [1.165, 1.54) is 0 Å². The summed E-state index contributed by atoms with van der Waals surface area (Å²) in [5.74, 6) is 1.44. The molecule has 0 aliphatic carbocycles. The molecule has 0 saturated carbocycles. The number of ether oxygens (including phenoxy) is 2. The highest BCUT2D eigenvalue weighted by Gasteiger charge is 2.06. The van der Waals surface area contributed by atoms with Gasteiger partial charge in [0.05, 0.1) is 13.7 Å². The number of methoxy groups -OCH3 is 1. The Labute approximate surface area is 156 Å². The molecule has 0 aliphatic heterocycles. The first-order chi connectivity index (χ1) is 12.1. The number of halogens is 1. The number of nitrogens with one attached hydrogen (secondary N) is 2. The fourth-order valence-electron chi connectivity index (χ4n) is 2.34. The summed E-state index contributed by atoms with van der Waals surface area (Å²) in [4.78, 5) is 11.9. The monoisotopic (exact) mass is 406 g/mol. The van der Waals surface area contributed by atoms with E-state index in [-0.39, 0.29) is 6.03 Å². The number of amides is 2. The molecule has 0 saturated heterocycles. The van der Waals surface area contributed by atoms with E-state index in [2.05, 4.69) is 26.6 Å². The number of carbonyl (C=O) groups excluding carboxylic acids is 1. The van der Waals surface area contributed by atoms with E-state index in [0.717, 1.165) is 21.3 Å². The summed E-state index contributed by atoms with van der Waals surface area (Å²) in [6, 6.07) is 13.4. The van der Waals surface area contributed by atoms with Gasteiger partial charge < -0.3 is 20.1 Å². The van der Waals surface area contributed by atoms with Gasteiger partial charge in [-0.15, -0.1) is 0 Å². The van der Waals surface area contributed by atoms with Gasteiger partial charge in [0.25, 0.3) is 0 Å². The van der Waals surface area contributed by atoms with Crippen molar-refractivity contribution in [3.8, 4) is 11.5 Å². The average molecular weight is 407 g/mol. The molecule has 0 aromatic heterocycles. The van der Waals surface area contributed by atoms with Crippen LogP contribution in [0.1, 0.15) is 18.1 Å². The quantitative estimate of drug-likeness (QED) is 0.698. The summed E-state index contributed by atoms with van der Waals surface area (Å²) in [5, 5.41) is 5.71. The molecule has 25 heavy (non-hydrogen) atoms. The van der Waals surface area contributed by atoms with Gasteiger partial charge in [0, 0.05) is 17.6 Å². The Balaban J connectivity index is 1.78. The second-order valence-corrected chi connectivity index (χ2v) is 6.22. The van der Waals surface area contributed by atoms with E-state index in [9.17, 15) is 4.79 Å². The van der Waals surface area contributed by atoms with Crippen LogP contribution >= 0.6 is 15.9 Å². The number of benzene rings is 2. The molecule has 0 unspecified atom stereocenters.